The van der Waals surface area contributed by atoms with Gasteiger partial charge in [-0.05, 0) is 37.8 Å². The summed E-state index contributed by atoms with van der Waals surface area (Å²) in [6, 6.07) is 0. The predicted molar refractivity (Wildman–Crippen MR) is 65.8 cm³/mol. The molecule has 0 amide bonds. The van der Waals surface area contributed by atoms with E-state index in [0.29, 0.717) is 29.1 Å². The third-order valence-electron chi connectivity index (χ3n) is 5.16. The maximum absolute atomic E-state index is 9.23. The first-order valence-electron chi connectivity index (χ1n) is 6.26. The summed E-state index contributed by atoms with van der Waals surface area (Å²) >= 11 is 0. The summed E-state index contributed by atoms with van der Waals surface area (Å²) in [6.07, 6.45) is 1.21. The highest BCUT2D eigenvalue weighted by Crippen LogP contribution is 2.60. The minimum absolute atomic E-state index is 0.388. The summed E-state index contributed by atoms with van der Waals surface area (Å²) in [4.78, 5) is 2.21. The molecule has 2 aliphatic carbocycles. The molecule has 0 aromatic heterocycles. The van der Waals surface area contributed by atoms with Gasteiger partial charge in [0.15, 0.2) is 0 Å². The van der Waals surface area contributed by atoms with Crippen LogP contribution in [0.15, 0.2) is 5.16 Å². The van der Waals surface area contributed by atoms with Crippen molar-refractivity contribution in [3.8, 4) is 0 Å². The van der Waals surface area contributed by atoms with Gasteiger partial charge < -0.3 is 10.1 Å². The van der Waals surface area contributed by atoms with E-state index in [0.717, 1.165) is 12.3 Å². The Hall–Kier alpha value is -0.570. The van der Waals surface area contributed by atoms with Crippen molar-refractivity contribution in [1.29, 1.82) is 0 Å². The zero-order valence-corrected chi connectivity index (χ0v) is 11.1. The standard InChI is InChI=1S/C13H24N2O/c1-8-9-6-11(13(8,2)3)10(7-15(4)5)12(9)14-16/h8-11,16H,6-7H2,1-5H3/t8-,9+,10-,11-/m0/s1. The van der Waals surface area contributed by atoms with Gasteiger partial charge in [-0.15, -0.1) is 0 Å². The Morgan fingerprint density at radius 3 is 2.56 bits per heavy atom. The summed E-state index contributed by atoms with van der Waals surface area (Å²) in [5.41, 5.74) is 1.45. The van der Waals surface area contributed by atoms with Crippen molar-refractivity contribution in [1.82, 2.24) is 4.90 Å². The van der Waals surface area contributed by atoms with Crippen LogP contribution in [0.1, 0.15) is 27.2 Å². The lowest BCUT2D eigenvalue weighted by Gasteiger charge is -2.41. The molecule has 2 saturated carbocycles. The van der Waals surface area contributed by atoms with Gasteiger partial charge in [-0.2, -0.15) is 0 Å². The number of hydrogen-bond donors (Lipinski definition) is 1. The fourth-order valence-electron chi connectivity index (χ4n) is 3.94. The maximum atomic E-state index is 9.23. The van der Waals surface area contributed by atoms with Crippen LogP contribution < -0.4 is 0 Å². The van der Waals surface area contributed by atoms with Gasteiger partial charge in [0.1, 0.15) is 0 Å². The van der Waals surface area contributed by atoms with Crippen LogP contribution in [0.5, 0.6) is 0 Å². The molecule has 0 saturated heterocycles. The van der Waals surface area contributed by atoms with Gasteiger partial charge in [-0.1, -0.05) is 25.9 Å². The molecular weight excluding hydrogens is 200 g/mol. The molecule has 0 aliphatic heterocycles. The minimum atomic E-state index is 0.388. The van der Waals surface area contributed by atoms with E-state index in [2.05, 4.69) is 44.9 Å². The molecule has 92 valence electrons. The number of nitrogens with zero attached hydrogens (tertiary/aromatic N) is 2. The van der Waals surface area contributed by atoms with Crippen molar-refractivity contribution in [2.24, 2.45) is 34.2 Å². The monoisotopic (exact) mass is 224 g/mol. The van der Waals surface area contributed by atoms with Crippen molar-refractivity contribution < 1.29 is 5.21 Å². The first-order chi connectivity index (χ1) is 7.39. The van der Waals surface area contributed by atoms with E-state index in [1.165, 1.54) is 6.42 Å². The molecule has 16 heavy (non-hydrogen) atoms. The van der Waals surface area contributed by atoms with Crippen molar-refractivity contribution in [2.45, 2.75) is 27.2 Å². The minimum Gasteiger partial charge on any atom is -0.411 e. The molecule has 0 heterocycles. The normalized spacial score (nSPS) is 43.5. The zero-order valence-electron chi connectivity index (χ0n) is 11.1. The Morgan fingerprint density at radius 2 is 2.06 bits per heavy atom. The van der Waals surface area contributed by atoms with Crippen molar-refractivity contribution in [3.63, 3.8) is 0 Å². The largest absolute Gasteiger partial charge is 0.411 e. The van der Waals surface area contributed by atoms with Gasteiger partial charge in [-0.25, -0.2) is 0 Å². The number of hydrogen-bond acceptors (Lipinski definition) is 3. The van der Waals surface area contributed by atoms with Gasteiger partial charge in [0.05, 0.1) is 5.71 Å². The molecule has 3 nitrogen and oxygen atoms in total. The Labute approximate surface area is 98.5 Å². The van der Waals surface area contributed by atoms with Crippen LogP contribution in [-0.2, 0) is 0 Å². The third kappa shape index (κ3) is 1.48. The molecule has 3 heteroatoms. The molecule has 0 aromatic carbocycles. The zero-order chi connectivity index (χ0) is 12.1. The van der Waals surface area contributed by atoms with E-state index < -0.39 is 0 Å². The first kappa shape index (κ1) is 11.9. The number of fused-ring (bicyclic) bond motifs is 2. The highest BCUT2D eigenvalue weighted by molar-refractivity contribution is 5.92. The van der Waals surface area contributed by atoms with E-state index in [1.54, 1.807) is 0 Å². The maximum Gasteiger partial charge on any atom is 0.0651 e. The third-order valence-corrected chi connectivity index (χ3v) is 5.16. The molecule has 2 bridgehead atoms. The van der Waals surface area contributed by atoms with Gasteiger partial charge in [-0.3, -0.25) is 0 Å². The van der Waals surface area contributed by atoms with Gasteiger partial charge >= 0.3 is 0 Å². The molecule has 0 unspecified atom stereocenters. The summed E-state index contributed by atoms with van der Waals surface area (Å²) in [6.45, 7) is 8.07. The molecule has 4 atom stereocenters. The van der Waals surface area contributed by atoms with Crippen LogP contribution in [0.25, 0.3) is 0 Å². The van der Waals surface area contributed by atoms with E-state index in [9.17, 15) is 5.21 Å². The molecule has 1 N–H and O–H groups in total. The summed E-state index contributed by atoms with van der Waals surface area (Å²) in [7, 11) is 4.19. The highest BCUT2D eigenvalue weighted by Gasteiger charge is 2.58. The second-order valence-electron chi connectivity index (χ2n) is 6.45. The Morgan fingerprint density at radius 1 is 1.44 bits per heavy atom. The summed E-state index contributed by atoms with van der Waals surface area (Å²) < 4.78 is 0. The van der Waals surface area contributed by atoms with Gasteiger partial charge in [0.2, 0.25) is 0 Å². The second kappa shape index (κ2) is 3.73. The highest BCUT2D eigenvalue weighted by atomic mass is 16.4. The van der Waals surface area contributed by atoms with E-state index in [1.807, 2.05) is 0 Å². The van der Waals surface area contributed by atoms with Crippen LogP contribution in [0.2, 0.25) is 0 Å². The van der Waals surface area contributed by atoms with Crippen LogP contribution in [0, 0.1) is 29.1 Å². The van der Waals surface area contributed by atoms with E-state index >= 15 is 0 Å². The number of rotatable bonds is 2. The summed E-state index contributed by atoms with van der Waals surface area (Å²) in [5, 5.41) is 12.8. The second-order valence-corrected chi connectivity index (χ2v) is 6.45. The molecule has 2 fully saturated rings. The molecule has 0 radical (unpaired) electrons. The van der Waals surface area contributed by atoms with Crippen LogP contribution in [0.4, 0.5) is 0 Å². The SMILES string of the molecule is C[C@H]1[C@H]2C[C@@H]([C@H](CN(C)C)C2=NO)C1(C)C. The fourth-order valence-corrected chi connectivity index (χ4v) is 3.94. The lowest BCUT2D eigenvalue weighted by Crippen LogP contribution is -2.43. The van der Waals surface area contributed by atoms with Crippen LogP contribution >= 0.6 is 0 Å². The lowest BCUT2D eigenvalue weighted by atomic mass is 9.64. The predicted octanol–water partition coefficient (Wildman–Crippen LogP) is 2.31. The van der Waals surface area contributed by atoms with Crippen molar-refractivity contribution >= 4 is 5.71 Å². The smallest absolute Gasteiger partial charge is 0.0651 e. The first-order valence-corrected chi connectivity index (χ1v) is 6.26. The van der Waals surface area contributed by atoms with Crippen molar-refractivity contribution in [2.75, 3.05) is 20.6 Å². The summed E-state index contributed by atoms with van der Waals surface area (Å²) in [5.74, 6) is 2.29. The molecule has 0 spiro atoms. The van der Waals surface area contributed by atoms with E-state index in [4.69, 9.17) is 0 Å². The Bertz CT molecular complexity index is 309. The van der Waals surface area contributed by atoms with E-state index in [-0.39, 0.29) is 0 Å². The van der Waals surface area contributed by atoms with Gasteiger partial charge in [0.25, 0.3) is 0 Å². The van der Waals surface area contributed by atoms with Crippen molar-refractivity contribution in [3.05, 3.63) is 0 Å². The molecule has 2 aliphatic rings. The van der Waals surface area contributed by atoms with Gasteiger partial charge in [0, 0.05) is 18.4 Å². The average Bonchev–Trinajstić information content (AvgIpc) is 2.63. The van der Waals surface area contributed by atoms with Crippen LogP contribution in [-0.4, -0.2) is 36.5 Å². The molecular formula is C13H24N2O. The Kier molecular flexibility index (Phi) is 2.77. The quantitative estimate of drug-likeness (QED) is 0.577. The molecule has 2 rings (SSSR count). The lowest BCUT2D eigenvalue weighted by molar-refractivity contribution is 0.128. The number of oxime groups is 1. The fraction of sp³-hybridized carbons (Fsp3) is 0.923. The Balaban J connectivity index is 2.27. The topological polar surface area (TPSA) is 35.8 Å². The molecule has 0 aromatic rings. The van der Waals surface area contributed by atoms with Crippen LogP contribution in [0.3, 0.4) is 0 Å². The average molecular weight is 224 g/mol.